The van der Waals surface area contributed by atoms with E-state index in [0.717, 1.165) is 16.8 Å². The van der Waals surface area contributed by atoms with Gasteiger partial charge in [-0.2, -0.15) is 5.26 Å². The van der Waals surface area contributed by atoms with Crippen LogP contribution < -0.4 is 10.1 Å². The van der Waals surface area contributed by atoms with E-state index in [0.29, 0.717) is 12.3 Å². The van der Waals surface area contributed by atoms with Crippen LogP contribution in [-0.4, -0.2) is 6.61 Å². The molecular formula is C16H15FN2O. The van der Waals surface area contributed by atoms with Crippen molar-refractivity contribution in [3.63, 3.8) is 0 Å². The highest BCUT2D eigenvalue weighted by molar-refractivity contribution is 5.51. The first-order chi connectivity index (χ1) is 9.69. The maximum Gasteiger partial charge on any atom is 0.174 e. The Balaban J connectivity index is 2.01. The van der Waals surface area contributed by atoms with Crippen LogP contribution in [0.15, 0.2) is 42.5 Å². The number of nitrogens with zero attached hydrogens (tertiary/aromatic N) is 1. The fraction of sp³-hybridized carbons (Fsp3) is 0.188. The maximum atomic E-state index is 13.0. The molecule has 1 N–H and O–H groups in total. The van der Waals surface area contributed by atoms with Crippen molar-refractivity contribution in [1.82, 2.24) is 0 Å². The fourth-order valence-electron chi connectivity index (χ4n) is 1.88. The second-order valence-corrected chi connectivity index (χ2v) is 4.41. The van der Waals surface area contributed by atoms with Crippen molar-refractivity contribution in [2.45, 2.75) is 13.5 Å². The standard InChI is InChI=1S/C16H15FN2O/c1-12-9-14(17)5-6-16(12)19-11-13-3-2-4-15(10-13)20-8-7-18/h2-6,9-10,19H,8,11H2,1H3. The molecule has 2 aromatic rings. The van der Waals surface area contributed by atoms with Gasteiger partial charge in [0.05, 0.1) is 0 Å². The van der Waals surface area contributed by atoms with Gasteiger partial charge in [-0.15, -0.1) is 0 Å². The molecule has 20 heavy (non-hydrogen) atoms. The molecule has 2 rings (SSSR count). The van der Waals surface area contributed by atoms with Crippen LogP contribution in [0.4, 0.5) is 10.1 Å². The molecule has 0 atom stereocenters. The zero-order valence-electron chi connectivity index (χ0n) is 11.2. The lowest BCUT2D eigenvalue weighted by atomic mass is 10.1. The average molecular weight is 270 g/mol. The Labute approximate surface area is 117 Å². The number of nitriles is 1. The first-order valence-corrected chi connectivity index (χ1v) is 6.28. The van der Waals surface area contributed by atoms with Gasteiger partial charge in [0, 0.05) is 12.2 Å². The number of ether oxygens (including phenoxy) is 1. The summed E-state index contributed by atoms with van der Waals surface area (Å²) in [6.45, 7) is 2.50. The number of hydrogen-bond donors (Lipinski definition) is 1. The van der Waals surface area contributed by atoms with Gasteiger partial charge in [-0.1, -0.05) is 12.1 Å². The van der Waals surface area contributed by atoms with E-state index in [1.807, 2.05) is 37.3 Å². The lowest BCUT2D eigenvalue weighted by molar-refractivity contribution is 0.368. The fourth-order valence-corrected chi connectivity index (χ4v) is 1.88. The molecule has 4 heteroatoms. The molecule has 0 aromatic heterocycles. The minimum Gasteiger partial charge on any atom is -0.479 e. The number of hydrogen-bond acceptors (Lipinski definition) is 3. The van der Waals surface area contributed by atoms with Crippen molar-refractivity contribution in [2.75, 3.05) is 11.9 Å². The molecule has 0 amide bonds. The van der Waals surface area contributed by atoms with E-state index >= 15 is 0 Å². The minimum absolute atomic E-state index is 0.0357. The van der Waals surface area contributed by atoms with E-state index in [-0.39, 0.29) is 12.4 Å². The Hall–Kier alpha value is -2.54. The predicted molar refractivity (Wildman–Crippen MR) is 76.0 cm³/mol. The summed E-state index contributed by atoms with van der Waals surface area (Å²) in [6.07, 6.45) is 0. The van der Waals surface area contributed by atoms with E-state index in [2.05, 4.69) is 5.32 Å². The Morgan fingerprint density at radius 2 is 2.10 bits per heavy atom. The summed E-state index contributed by atoms with van der Waals surface area (Å²) < 4.78 is 18.3. The summed E-state index contributed by atoms with van der Waals surface area (Å²) in [7, 11) is 0. The number of aryl methyl sites for hydroxylation is 1. The van der Waals surface area contributed by atoms with Crippen LogP contribution in [0.5, 0.6) is 5.75 Å². The highest BCUT2D eigenvalue weighted by atomic mass is 19.1. The Kier molecular flexibility index (Phi) is 4.56. The van der Waals surface area contributed by atoms with Crippen molar-refractivity contribution in [3.05, 3.63) is 59.4 Å². The summed E-state index contributed by atoms with van der Waals surface area (Å²) in [5, 5.41) is 11.7. The van der Waals surface area contributed by atoms with Crippen LogP contribution >= 0.6 is 0 Å². The molecule has 0 radical (unpaired) electrons. The molecule has 0 aliphatic carbocycles. The van der Waals surface area contributed by atoms with E-state index in [9.17, 15) is 4.39 Å². The number of anilines is 1. The Morgan fingerprint density at radius 3 is 2.85 bits per heavy atom. The summed E-state index contributed by atoms with van der Waals surface area (Å²) in [5.74, 6) is 0.432. The molecule has 0 unspecified atom stereocenters. The quantitative estimate of drug-likeness (QED) is 0.902. The first-order valence-electron chi connectivity index (χ1n) is 6.28. The third-order valence-electron chi connectivity index (χ3n) is 2.87. The molecule has 0 saturated heterocycles. The first kappa shape index (κ1) is 13.9. The lowest BCUT2D eigenvalue weighted by Crippen LogP contribution is -2.02. The lowest BCUT2D eigenvalue weighted by Gasteiger charge is -2.10. The molecule has 0 bridgehead atoms. The molecule has 3 nitrogen and oxygen atoms in total. The topological polar surface area (TPSA) is 45.0 Å². The van der Waals surface area contributed by atoms with Gasteiger partial charge in [0.1, 0.15) is 17.6 Å². The second-order valence-electron chi connectivity index (χ2n) is 4.41. The largest absolute Gasteiger partial charge is 0.479 e. The molecule has 0 fully saturated rings. The Morgan fingerprint density at radius 1 is 1.25 bits per heavy atom. The number of rotatable bonds is 5. The number of halogens is 1. The highest BCUT2D eigenvalue weighted by Gasteiger charge is 2.01. The third-order valence-corrected chi connectivity index (χ3v) is 2.87. The van der Waals surface area contributed by atoms with Crippen molar-refractivity contribution in [1.29, 1.82) is 5.26 Å². The smallest absolute Gasteiger partial charge is 0.174 e. The van der Waals surface area contributed by atoms with Crippen molar-refractivity contribution in [3.8, 4) is 11.8 Å². The van der Waals surface area contributed by atoms with E-state index in [1.54, 1.807) is 6.07 Å². The van der Waals surface area contributed by atoms with Gasteiger partial charge in [-0.25, -0.2) is 4.39 Å². The van der Waals surface area contributed by atoms with Crippen molar-refractivity contribution >= 4 is 5.69 Å². The van der Waals surface area contributed by atoms with Crippen LogP contribution in [0, 0.1) is 24.1 Å². The van der Waals surface area contributed by atoms with Crippen LogP contribution in [0.1, 0.15) is 11.1 Å². The van der Waals surface area contributed by atoms with E-state index < -0.39 is 0 Å². The second kappa shape index (κ2) is 6.58. The summed E-state index contributed by atoms with van der Waals surface area (Å²) in [6, 6.07) is 14.1. The third kappa shape index (κ3) is 3.72. The molecule has 0 aliphatic heterocycles. The van der Waals surface area contributed by atoms with Gasteiger partial charge in [-0.3, -0.25) is 0 Å². The van der Waals surface area contributed by atoms with Gasteiger partial charge in [0.15, 0.2) is 6.61 Å². The molecule has 0 heterocycles. The zero-order chi connectivity index (χ0) is 14.4. The van der Waals surface area contributed by atoms with E-state index in [1.165, 1.54) is 12.1 Å². The normalized spacial score (nSPS) is 9.85. The SMILES string of the molecule is Cc1cc(F)ccc1NCc1cccc(OCC#N)c1. The minimum atomic E-state index is -0.236. The number of nitrogens with one attached hydrogen (secondary N) is 1. The summed E-state index contributed by atoms with van der Waals surface area (Å²) >= 11 is 0. The van der Waals surface area contributed by atoms with E-state index in [4.69, 9.17) is 10.00 Å². The van der Waals surface area contributed by atoms with Gasteiger partial charge >= 0.3 is 0 Å². The Bertz CT molecular complexity index is 635. The summed E-state index contributed by atoms with van der Waals surface area (Å²) in [4.78, 5) is 0. The summed E-state index contributed by atoms with van der Waals surface area (Å²) in [5.41, 5.74) is 2.79. The molecular weight excluding hydrogens is 255 g/mol. The van der Waals surface area contributed by atoms with Crippen molar-refractivity contribution < 1.29 is 9.13 Å². The van der Waals surface area contributed by atoms with Gasteiger partial charge in [-0.05, 0) is 48.4 Å². The highest BCUT2D eigenvalue weighted by Crippen LogP contribution is 2.18. The molecule has 0 aliphatic rings. The molecule has 2 aromatic carbocycles. The van der Waals surface area contributed by atoms with Crippen LogP contribution in [0.2, 0.25) is 0 Å². The van der Waals surface area contributed by atoms with Crippen LogP contribution in [-0.2, 0) is 6.54 Å². The average Bonchev–Trinajstić information content (AvgIpc) is 2.45. The maximum absolute atomic E-state index is 13.0. The monoisotopic (exact) mass is 270 g/mol. The van der Waals surface area contributed by atoms with Crippen LogP contribution in [0.3, 0.4) is 0 Å². The van der Waals surface area contributed by atoms with Gasteiger partial charge in [0.2, 0.25) is 0 Å². The number of benzene rings is 2. The van der Waals surface area contributed by atoms with Gasteiger partial charge in [0.25, 0.3) is 0 Å². The molecule has 0 saturated carbocycles. The van der Waals surface area contributed by atoms with Crippen LogP contribution in [0.25, 0.3) is 0 Å². The molecule has 0 spiro atoms. The van der Waals surface area contributed by atoms with Gasteiger partial charge < -0.3 is 10.1 Å². The molecule has 102 valence electrons. The van der Waals surface area contributed by atoms with Crippen molar-refractivity contribution in [2.24, 2.45) is 0 Å². The predicted octanol–water partition coefficient (Wildman–Crippen LogP) is 3.65. The zero-order valence-corrected chi connectivity index (χ0v) is 11.2.